The molecule has 2 N–H and O–H groups in total. The molecular formula is C22H19ClN2O3. The molecule has 3 rings (SSSR count). The molecule has 0 saturated heterocycles. The number of benzene rings is 3. The van der Waals surface area contributed by atoms with Gasteiger partial charge >= 0.3 is 0 Å². The molecule has 0 radical (unpaired) electrons. The third kappa shape index (κ3) is 5.86. The summed E-state index contributed by atoms with van der Waals surface area (Å²) in [6.45, 7) is 0.333. The van der Waals surface area contributed by atoms with Gasteiger partial charge < -0.3 is 15.4 Å². The van der Waals surface area contributed by atoms with Crippen LogP contribution in [0.25, 0.3) is 0 Å². The lowest BCUT2D eigenvalue weighted by Gasteiger charge is -2.09. The van der Waals surface area contributed by atoms with Crippen LogP contribution in [0.3, 0.4) is 0 Å². The Morgan fingerprint density at radius 2 is 1.64 bits per heavy atom. The number of anilines is 1. The Kier molecular flexibility index (Phi) is 6.65. The van der Waals surface area contributed by atoms with Crippen molar-refractivity contribution in [2.75, 3.05) is 11.9 Å². The van der Waals surface area contributed by atoms with Crippen LogP contribution in [0.5, 0.6) is 5.75 Å². The number of hydrogen-bond donors (Lipinski definition) is 2. The molecular weight excluding hydrogens is 376 g/mol. The summed E-state index contributed by atoms with van der Waals surface area (Å²) in [5.41, 5.74) is 2.10. The van der Waals surface area contributed by atoms with Gasteiger partial charge in [0, 0.05) is 16.3 Å². The van der Waals surface area contributed by atoms with Gasteiger partial charge in [0.1, 0.15) is 12.4 Å². The minimum Gasteiger partial charge on any atom is -0.489 e. The Balaban J connectivity index is 1.45. The van der Waals surface area contributed by atoms with Gasteiger partial charge in [0.15, 0.2) is 0 Å². The molecule has 3 aromatic rings. The van der Waals surface area contributed by atoms with Crippen LogP contribution in [0.2, 0.25) is 5.02 Å². The van der Waals surface area contributed by atoms with E-state index in [1.807, 2.05) is 30.3 Å². The highest BCUT2D eigenvalue weighted by Crippen LogP contribution is 2.17. The van der Waals surface area contributed by atoms with E-state index in [0.717, 1.165) is 5.56 Å². The van der Waals surface area contributed by atoms with Gasteiger partial charge in [0.05, 0.1) is 6.54 Å². The first-order valence-electron chi connectivity index (χ1n) is 8.70. The molecule has 5 nitrogen and oxygen atoms in total. The number of nitrogens with one attached hydrogen (secondary N) is 2. The quantitative estimate of drug-likeness (QED) is 0.628. The first kappa shape index (κ1) is 19.5. The average molecular weight is 395 g/mol. The molecule has 0 aliphatic heterocycles. The molecule has 0 heterocycles. The molecule has 0 aromatic heterocycles. The van der Waals surface area contributed by atoms with Crippen molar-refractivity contribution in [1.82, 2.24) is 5.32 Å². The molecule has 0 bridgehead atoms. The fourth-order valence-electron chi connectivity index (χ4n) is 2.47. The van der Waals surface area contributed by atoms with Gasteiger partial charge in [0.2, 0.25) is 5.91 Å². The van der Waals surface area contributed by atoms with Crippen LogP contribution in [0, 0.1) is 0 Å². The Hall–Kier alpha value is -3.31. The number of carbonyl (C=O) groups is 2. The lowest BCUT2D eigenvalue weighted by atomic mass is 10.2. The Labute approximate surface area is 168 Å². The van der Waals surface area contributed by atoms with Crippen molar-refractivity contribution in [3.63, 3.8) is 0 Å². The van der Waals surface area contributed by atoms with Gasteiger partial charge in [-0.05, 0) is 48.0 Å². The lowest BCUT2D eigenvalue weighted by Crippen LogP contribution is -2.32. The molecule has 0 fully saturated rings. The Morgan fingerprint density at radius 3 is 2.36 bits per heavy atom. The highest BCUT2D eigenvalue weighted by molar-refractivity contribution is 6.31. The van der Waals surface area contributed by atoms with Crippen LogP contribution in [0.4, 0.5) is 5.69 Å². The molecule has 28 heavy (non-hydrogen) atoms. The Bertz CT molecular complexity index is 944. The third-order valence-corrected chi connectivity index (χ3v) is 4.12. The van der Waals surface area contributed by atoms with Gasteiger partial charge in [-0.2, -0.15) is 0 Å². The SMILES string of the molecule is O=C(CNC(=O)c1cccc(Cl)c1)Nc1ccc(OCc2ccccc2)cc1. The third-order valence-electron chi connectivity index (χ3n) is 3.88. The Morgan fingerprint density at radius 1 is 0.893 bits per heavy atom. The average Bonchev–Trinajstić information content (AvgIpc) is 2.72. The van der Waals surface area contributed by atoms with E-state index < -0.39 is 0 Å². The summed E-state index contributed by atoms with van der Waals surface area (Å²) < 4.78 is 5.71. The van der Waals surface area contributed by atoms with Crippen LogP contribution < -0.4 is 15.4 Å². The summed E-state index contributed by atoms with van der Waals surface area (Å²) in [5, 5.41) is 5.75. The molecule has 0 aliphatic rings. The minimum atomic E-state index is -0.359. The predicted octanol–water partition coefficient (Wildman–Crippen LogP) is 4.29. The molecule has 0 saturated carbocycles. The second kappa shape index (κ2) is 9.58. The van der Waals surface area contributed by atoms with E-state index in [-0.39, 0.29) is 18.4 Å². The topological polar surface area (TPSA) is 67.4 Å². The fraction of sp³-hybridized carbons (Fsp3) is 0.0909. The van der Waals surface area contributed by atoms with Gasteiger partial charge in [-0.25, -0.2) is 0 Å². The summed E-state index contributed by atoms with van der Waals surface area (Å²) in [4.78, 5) is 24.0. The van der Waals surface area contributed by atoms with Crippen LogP contribution in [-0.2, 0) is 11.4 Å². The summed E-state index contributed by atoms with van der Waals surface area (Å²) >= 11 is 5.86. The van der Waals surface area contributed by atoms with E-state index in [9.17, 15) is 9.59 Å². The zero-order valence-electron chi connectivity index (χ0n) is 15.0. The predicted molar refractivity (Wildman–Crippen MR) is 110 cm³/mol. The van der Waals surface area contributed by atoms with Gasteiger partial charge in [0.25, 0.3) is 5.91 Å². The molecule has 2 amide bonds. The van der Waals surface area contributed by atoms with Gasteiger partial charge in [-0.3, -0.25) is 9.59 Å². The zero-order valence-corrected chi connectivity index (χ0v) is 15.8. The highest BCUT2D eigenvalue weighted by atomic mass is 35.5. The fourth-order valence-corrected chi connectivity index (χ4v) is 2.66. The first-order valence-corrected chi connectivity index (χ1v) is 9.08. The zero-order chi connectivity index (χ0) is 19.8. The van der Waals surface area contributed by atoms with Crippen molar-refractivity contribution in [1.29, 1.82) is 0 Å². The van der Waals surface area contributed by atoms with E-state index in [1.165, 1.54) is 0 Å². The molecule has 3 aromatic carbocycles. The van der Waals surface area contributed by atoms with E-state index in [0.29, 0.717) is 28.6 Å². The number of halogens is 1. The molecule has 142 valence electrons. The number of carbonyl (C=O) groups excluding carboxylic acids is 2. The van der Waals surface area contributed by atoms with Crippen molar-refractivity contribution in [3.05, 3.63) is 95.0 Å². The largest absolute Gasteiger partial charge is 0.489 e. The van der Waals surface area contributed by atoms with Crippen molar-refractivity contribution in [2.24, 2.45) is 0 Å². The van der Waals surface area contributed by atoms with Crippen LogP contribution in [-0.4, -0.2) is 18.4 Å². The summed E-state index contributed by atoms with van der Waals surface area (Å²) in [6.07, 6.45) is 0. The van der Waals surface area contributed by atoms with Crippen molar-refractivity contribution < 1.29 is 14.3 Å². The van der Waals surface area contributed by atoms with Crippen molar-refractivity contribution >= 4 is 29.1 Å². The standard InChI is InChI=1S/C22H19ClN2O3/c23-18-8-4-7-17(13-18)22(27)24-14-21(26)25-19-9-11-20(12-10-19)28-15-16-5-2-1-3-6-16/h1-13H,14-15H2,(H,24,27)(H,25,26). The van der Waals surface area contributed by atoms with Crippen molar-refractivity contribution in [3.8, 4) is 5.75 Å². The van der Waals surface area contributed by atoms with Crippen molar-refractivity contribution in [2.45, 2.75) is 6.61 Å². The molecule has 0 aliphatic carbocycles. The summed E-state index contributed by atoms with van der Waals surface area (Å²) in [6, 6.07) is 23.5. The monoisotopic (exact) mass is 394 g/mol. The maximum Gasteiger partial charge on any atom is 0.251 e. The summed E-state index contributed by atoms with van der Waals surface area (Å²) in [5.74, 6) is 0.0201. The smallest absolute Gasteiger partial charge is 0.251 e. The molecule has 0 unspecified atom stereocenters. The molecule has 0 atom stereocenters. The second-order valence-electron chi connectivity index (χ2n) is 6.04. The number of hydrogen-bond acceptors (Lipinski definition) is 3. The van der Waals surface area contributed by atoms with Gasteiger partial charge in [-0.15, -0.1) is 0 Å². The number of ether oxygens (including phenoxy) is 1. The van der Waals surface area contributed by atoms with Crippen LogP contribution in [0.15, 0.2) is 78.9 Å². The summed E-state index contributed by atoms with van der Waals surface area (Å²) in [7, 11) is 0. The first-order chi connectivity index (χ1) is 13.6. The highest BCUT2D eigenvalue weighted by Gasteiger charge is 2.09. The van der Waals surface area contributed by atoms with Crippen LogP contribution in [0.1, 0.15) is 15.9 Å². The van der Waals surface area contributed by atoms with Gasteiger partial charge in [-0.1, -0.05) is 48.0 Å². The molecule has 6 heteroatoms. The lowest BCUT2D eigenvalue weighted by molar-refractivity contribution is -0.115. The normalized spacial score (nSPS) is 10.2. The number of rotatable bonds is 7. The maximum atomic E-state index is 12.0. The maximum absolute atomic E-state index is 12.0. The minimum absolute atomic E-state index is 0.141. The van der Waals surface area contributed by atoms with E-state index in [2.05, 4.69) is 10.6 Å². The second-order valence-corrected chi connectivity index (χ2v) is 6.48. The van der Waals surface area contributed by atoms with E-state index in [4.69, 9.17) is 16.3 Å². The van der Waals surface area contributed by atoms with Crippen LogP contribution >= 0.6 is 11.6 Å². The van der Waals surface area contributed by atoms with E-state index >= 15 is 0 Å². The molecule has 0 spiro atoms. The number of amides is 2. The van der Waals surface area contributed by atoms with E-state index in [1.54, 1.807) is 48.5 Å².